The molecule has 0 aliphatic rings. The van der Waals surface area contributed by atoms with Gasteiger partial charge in [0.25, 0.3) is 0 Å². The van der Waals surface area contributed by atoms with Crippen LogP contribution in [-0.2, 0) is 10.0 Å². The molecule has 19 heavy (non-hydrogen) atoms. The highest BCUT2D eigenvalue weighted by Crippen LogP contribution is 2.30. The highest BCUT2D eigenvalue weighted by atomic mass is 79.9. The lowest BCUT2D eigenvalue weighted by Gasteiger charge is -2.07. The predicted molar refractivity (Wildman–Crippen MR) is 74.8 cm³/mol. The Bertz CT molecular complexity index is 704. The van der Waals surface area contributed by atoms with E-state index in [4.69, 9.17) is 21.5 Å². The second-order valence-electron chi connectivity index (χ2n) is 3.55. The summed E-state index contributed by atoms with van der Waals surface area (Å²) in [6, 6.07) is 7.82. The summed E-state index contributed by atoms with van der Waals surface area (Å²) in [5.74, 6) is 0.636. The molecule has 0 unspecified atom stereocenters. The number of nitrogens with zero attached hydrogens (tertiary/aromatic N) is 1. The number of nitrogens with two attached hydrogens (primary N) is 1. The van der Waals surface area contributed by atoms with E-state index in [1.165, 1.54) is 12.1 Å². The Morgan fingerprint density at radius 3 is 2.53 bits per heavy atom. The zero-order chi connectivity index (χ0) is 14.0. The summed E-state index contributed by atoms with van der Waals surface area (Å²) in [5.41, 5.74) is 0. The van der Waals surface area contributed by atoms with Crippen molar-refractivity contribution in [1.82, 2.24) is 4.98 Å². The van der Waals surface area contributed by atoms with Gasteiger partial charge in [-0.2, -0.15) is 0 Å². The number of pyridine rings is 1. The first-order valence-corrected chi connectivity index (χ1v) is 7.70. The quantitative estimate of drug-likeness (QED) is 0.909. The Balaban J connectivity index is 2.25. The van der Waals surface area contributed by atoms with Crippen molar-refractivity contribution in [2.75, 3.05) is 0 Å². The fourth-order valence-electron chi connectivity index (χ4n) is 1.27. The molecule has 1 aromatic carbocycles. The van der Waals surface area contributed by atoms with Gasteiger partial charge >= 0.3 is 0 Å². The standard InChI is InChI=1S/C11H8BrClN2O3S/c12-7-1-3-10(9(13)5-7)18-11-4-2-8(6-15-11)19(14,16)17/h1-6H,(H2,14,16,17). The fraction of sp³-hybridized carbons (Fsp3) is 0. The van der Waals surface area contributed by atoms with Gasteiger partial charge in [-0.1, -0.05) is 27.5 Å². The van der Waals surface area contributed by atoms with Crippen molar-refractivity contribution in [3.8, 4) is 11.6 Å². The van der Waals surface area contributed by atoms with Gasteiger partial charge < -0.3 is 4.74 Å². The molecule has 8 heteroatoms. The minimum atomic E-state index is -3.76. The maximum atomic E-state index is 11.1. The van der Waals surface area contributed by atoms with E-state index in [0.29, 0.717) is 10.8 Å². The first-order valence-electron chi connectivity index (χ1n) is 4.98. The molecule has 0 saturated carbocycles. The monoisotopic (exact) mass is 362 g/mol. The van der Waals surface area contributed by atoms with E-state index >= 15 is 0 Å². The number of primary sulfonamides is 1. The van der Waals surface area contributed by atoms with Gasteiger partial charge in [0.2, 0.25) is 15.9 Å². The summed E-state index contributed by atoms with van der Waals surface area (Å²) in [5, 5.41) is 5.37. The minimum absolute atomic E-state index is 0.0817. The van der Waals surface area contributed by atoms with Crippen molar-refractivity contribution in [2.45, 2.75) is 4.90 Å². The molecule has 2 rings (SSSR count). The Kier molecular flexibility index (Phi) is 4.10. The number of sulfonamides is 1. The molecule has 5 nitrogen and oxygen atoms in total. The van der Waals surface area contributed by atoms with E-state index in [0.717, 1.165) is 10.7 Å². The van der Waals surface area contributed by atoms with Gasteiger partial charge in [-0.15, -0.1) is 0 Å². The average Bonchev–Trinajstić information content (AvgIpc) is 2.32. The van der Waals surface area contributed by atoms with E-state index in [-0.39, 0.29) is 10.8 Å². The number of halogens is 2. The van der Waals surface area contributed by atoms with Crippen LogP contribution in [0.1, 0.15) is 0 Å². The smallest absolute Gasteiger partial charge is 0.239 e. The summed E-state index contributed by atoms with van der Waals surface area (Å²) in [4.78, 5) is 3.77. The van der Waals surface area contributed by atoms with Gasteiger partial charge in [0, 0.05) is 10.5 Å². The molecule has 1 heterocycles. The normalized spacial score (nSPS) is 11.3. The molecule has 0 aliphatic heterocycles. The molecule has 0 atom stereocenters. The Labute approximate surface area is 123 Å². The van der Waals surface area contributed by atoms with Crippen LogP contribution in [0.2, 0.25) is 5.02 Å². The summed E-state index contributed by atoms with van der Waals surface area (Å²) >= 11 is 9.26. The van der Waals surface area contributed by atoms with Gasteiger partial charge in [-0.25, -0.2) is 18.5 Å². The molecule has 100 valence electrons. The third-order valence-corrected chi connectivity index (χ3v) is 3.83. The Morgan fingerprint density at radius 2 is 2.00 bits per heavy atom. The number of benzene rings is 1. The lowest BCUT2D eigenvalue weighted by atomic mass is 10.3. The van der Waals surface area contributed by atoms with Gasteiger partial charge in [-0.3, -0.25) is 0 Å². The van der Waals surface area contributed by atoms with Crippen LogP contribution in [0.4, 0.5) is 0 Å². The summed E-state index contributed by atoms with van der Waals surface area (Å²) in [6.07, 6.45) is 1.12. The summed E-state index contributed by atoms with van der Waals surface area (Å²) in [7, 11) is -3.76. The predicted octanol–water partition coefficient (Wildman–Crippen LogP) is 2.94. The topological polar surface area (TPSA) is 82.3 Å². The van der Waals surface area contributed by atoms with Crippen molar-refractivity contribution in [1.29, 1.82) is 0 Å². The van der Waals surface area contributed by atoms with E-state index in [1.807, 2.05) is 0 Å². The molecule has 0 saturated heterocycles. The van der Waals surface area contributed by atoms with E-state index in [1.54, 1.807) is 18.2 Å². The van der Waals surface area contributed by atoms with E-state index in [2.05, 4.69) is 20.9 Å². The van der Waals surface area contributed by atoms with Crippen LogP contribution < -0.4 is 9.88 Å². The van der Waals surface area contributed by atoms with Crippen LogP contribution >= 0.6 is 27.5 Å². The largest absolute Gasteiger partial charge is 0.437 e. The van der Waals surface area contributed by atoms with Crippen molar-refractivity contribution < 1.29 is 13.2 Å². The van der Waals surface area contributed by atoms with E-state index < -0.39 is 10.0 Å². The van der Waals surface area contributed by atoms with E-state index in [9.17, 15) is 8.42 Å². The lowest BCUT2D eigenvalue weighted by molar-refractivity contribution is 0.462. The Hall–Kier alpha value is -1.15. The highest BCUT2D eigenvalue weighted by Gasteiger charge is 2.09. The molecule has 0 radical (unpaired) electrons. The molecule has 2 N–H and O–H groups in total. The van der Waals surface area contributed by atoms with Crippen molar-refractivity contribution in [3.63, 3.8) is 0 Å². The van der Waals surface area contributed by atoms with Crippen LogP contribution in [0.25, 0.3) is 0 Å². The Morgan fingerprint density at radius 1 is 1.26 bits per heavy atom. The van der Waals surface area contributed by atoms with Crippen molar-refractivity contribution in [3.05, 3.63) is 46.0 Å². The van der Waals surface area contributed by atoms with Crippen molar-refractivity contribution >= 4 is 37.6 Å². The second kappa shape index (κ2) is 5.46. The third kappa shape index (κ3) is 3.66. The maximum absolute atomic E-state index is 11.1. The summed E-state index contributed by atoms with van der Waals surface area (Å²) in [6.45, 7) is 0. The fourth-order valence-corrected chi connectivity index (χ4v) is 2.44. The van der Waals surface area contributed by atoms with Crippen LogP contribution in [0.5, 0.6) is 11.6 Å². The molecule has 0 aliphatic carbocycles. The molecule has 0 amide bonds. The number of hydrogen-bond acceptors (Lipinski definition) is 4. The number of hydrogen-bond donors (Lipinski definition) is 1. The zero-order valence-corrected chi connectivity index (χ0v) is 12.5. The molecular formula is C11H8BrClN2O3S. The van der Waals surface area contributed by atoms with Crippen LogP contribution in [-0.4, -0.2) is 13.4 Å². The first kappa shape index (κ1) is 14.3. The molecular weight excluding hydrogens is 356 g/mol. The summed E-state index contributed by atoms with van der Waals surface area (Å²) < 4.78 is 28.4. The number of ether oxygens (including phenoxy) is 1. The second-order valence-corrected chi connectivity index (χ2v) is 6.44. The maximum Gasteiger partial charge on any atom is 0.239 e. The molecule has 0 bridgehead atoms. The zero-order valence-electron chi connectivity index (χ0n) is 9.38. The average molecular weight is 364 g/mol. The third-order valence-electron chi connectivity index (χ3n) is 2.15. The highest BCUT2D eigenvalue weighted by molar-refractivity contribution is 9.10. The molecule has 2 aromatic rings. The number of aromatic nitrogens is 1. The molecule has 0 spiro atoms. The number of rotatable bonds is 3. The van der Waals surface area contributed by atoms with Crippen molar-refractivity contribution in [2.24, 2.45) is 5.14 Å². The molecule has 1 aromatic heterocycles. The SMILES string of the molecule is NS(=O)(=O)c1ccc(Oc2ccc(Br)cc2Cl)nc1. The van der Waals surface area contributed by atoms with Gasteiger partial charge in [0.05, 0.1) is 11.2 Å². The minimum Gasteiger partial charge on any atom is -0.437 e. The van der Waals surface area contributed by atoms with Crippen LogP contribution in [0, 0.1) is 0 Å². The van der Waals surface area contributed by atoms with Gasteiger partial charge in [0.1, 0.15) is 10.6 Å². The van der Waals surface area contributed by atoms with Gasteiger partial charge in [0.15, 0.2) is 0 Å². The van der Waals surface area contributed by atoms with Crippen LogP contribution in [0.15, 0.2) is 45.9 Å². The lowest BCUT2D eigenvalue weighted by Crippen LogP contribution is -2.12. The van der Waals surface area contributed by atoms with Gasteiger partial charge in [-0.05, 0) is 24.3 Å². The first-order chi connectivity index (χ1) is 8.86. The molecule has 0 fully saturated rings. The van der Waals surface area contributed by atoms with Crippen LogP contribution in [0.3, 0.4) is 0 Å².